The predicted octanol–water partition coefficient (Wildman–Crippen LogP) is 4.33. The summed E-state index contributed by atoms with van der Waals surface area (Å²) in [7, 11) is 0. The third-order valence-corrected chi connectivity index (χ3v) is 4.61. The summed E-state index contributed by atoms with van der Waals surface area (Å²) in [6, 6.07) is 5.68. The van der Waals surface area contributed by atoms with Crippen LogP contribution in [0.25, 0.3) is 5.57 Å². The van der Waals surface area contributed by atoms with Gasteiger partial charge < -0.3 is 4.74 Å². The number of ether oxygens (including phenoxy) is 1. The molecule has 1 saturated heterocycles. The molecule has 4 nitrogen and oxygen atoms in total. The lowest BCUT2D eigenvalue weighted by atomic mass is 9.92. The fourth-order valence-electron chi connectivity index (χ4n) is 2.66. The molecular weight excluding hydrogens is 308 g/mol. The molecule has 0 radical (unpaired) electrons. The first-order valence-electron chi connectivity index (χ1n) is 7.05. The van der Waals surface area contributed by atoms with Gasteiger partial charge in [-0.25, -0.2) is 4.79 Å². The van der Waals surface area contributed by atoms with Crippen molar-refractivity contribution in [1.29, 1.82) is 10.5 Å². The number of rotatable bonds is 1. The molecule has 116 valence electrons. The molecule has 2 rings (SSSR count). The largest absolute Gasteiger partial charge is 0.420 e. The van der Waals surface area contributed by atoms with Gasteiger partial charge in [-0.3, -0.25) is 0 Å². The second kappa shape index (κ2) is 6.24. The Bertz CT molecular complexity index is 863. The summed E-state index contributed by atoms with van der Waals surface area (Å²) >= 11 is 1.67. The van der Waals surface area contributed by atoms with Crippen LogP contribution in [0.3, 0.4) is 0 Å². The first kappa shape index (κ1) is 16.7. The number of aryl methyl sites for hydroxylation is 2. The number of hydrogen-bond donors (Lipinski definition) is 0. The van der Waals surface area contributed by atoms with Crippen molar-refractivity contribution in [3.8, 4) is 12.1 Å². The van der Waals surface area contributed by atoms with Gasteiger partial charge in [-0.2, -0.15) is 10.5 Å². The van der Waals surface area contributed by atoms with E-state index in [9.17, 15) is 4.79 Å². The number of carbonyl (C=O) groups is 1. The number of thiophene rings is 1. The van der Waals surface area contributed by atoms with E-state index < -0.39 is 5.97 Å². The molecule has 0 saturated carbocycles. The molecule has 0 bridgehead atoms. The van der Waals surface area contributed by atoms with Gasteiger partial charge in [0.2, 0.25) is 0 Å². The van der Waals surface area contributed by atoms with Crippen LogP contribution < -0.4 is 0 Å². The van der Waals surface area contributed by atoms with Crippen LogP contribution in [0.2, 0.25) is 0 Å². The second-order valence-corrected chi connectivity index (χ2v) is 6.98. The highest BCUT2D eigenvalue weighted by Crippen LogP contribution is 2.41. The number of nitrogens with zero attached hydrogens (tertiary/aromatic N) is 2. The molecule has 23 heavy (non-hydrogen) atoms. The van der Waals surface area contributed by atoms with E-state index in [4.69, 9.17) is 15.3 Å². The van der Waals surface area contributed by atoms with Crippen molar-refractivity contribution >= 4 is 22.9 Å². The Kier molecular flexibility index (Phi) is 4.54. The lowest BCUT2D eigenvalue weighted by molar-refractivity contribution is -0.132. The van der Waals surface area contributed by atoms with Crippen LogP contribution in [0.5, 0.6) is 0 Å². The van der Waals surface area contributed by atoms with E-state index >= 15 is 0 Å². The van der Waals surface area contributed by atoms with Crippen molar-refractivity contribution < 1.29 is 9.53 Å². The molecule has 1 aromatic heterocycles. The van der Waals surface area contributed by atoms with Gasteiger partial charge >= 0.3 is 5.97 Å². The van der Waals surface area contributed by atoms with Crippen molar-refractivity contribution in [1.82, 2.24) is 0 Å². The van der Waals surface area contributed by atoms with Crippen molar-refractivity contribution in [2.45, 2.75) is 34.6 Å². The number of esters is 1. The van der Waals surface area contributed by atoms with Crippen LogP contribution >= 0.6 is 11.3 Å². The second-order valence-electron chi connectivity index (χ2n) is 5.52. The van der Waals surface area contributed by atoms with Gasteiger partial charge in [0.15, 0.2) is 11.3 Å². The monoisotopic (exact) mass is 324 g/mol. The van der Waals surface area contributed by atoms with Crippen molar-refractivity contribution in [3.63, 3.8) is 0 Å². The first-order chi connectivity index (χ1) is 10.8. The third-order valence-electron chi connectivity index (χ3n) is 3.65. The summed E-state index contributed by atoms with van der Waals surface area (Å²) in [6.07, 6.45) is 0. The van der Waals surface area contributed by atoms with Crippen LogP contribution in [0.1, 0.15) is 36.1 Å². The van der Waals surface area contributed by atoms with Gasteiger partial charge in [-0.05, 0) is 51.8 Å². The molecular formula is C18H16N2O2S. The van der Waals surface area contributed by atoms with E-state index in [-0.39, 0.29) is 11.3 Å². The normalized spacial score (nSPS) is 15.9. The van der Waals surface area contributed by atoms with Gasteiger partial charge in [-0.1, -0.05) is 5.57 Å². The van der Waals surface area contributed by atoms with Crippen LogP contribution in [-0.4, -0.2) is 5.97 Å². The minimum atomic E-state index is -0.512. The van der Waals surface area contributed by atoms with E-state index in [1.807, 2.05) is 52.8 Å². The summed E-state index contributed by atoms with van der Waals surface area (Å²) in [5, 5.41) is 18.3. The molecule has 0 amide bonds. The molecule has 0 spiro atoms. The Balaban J connectivity index is 2.89. The lowest BCUT2D eigenvalue weighted by Crippen LogP contribution is -1.98. The SMILES string of the molecule is CC(C)=C1C(=O)OC(=C(C#N)C#N)/C1=C(/C)c1cc(C)sc1C. The number of allylic oxidation sites excluding steroid dienone is 4. The van der Waals surface area contributed by atoms with Crippen LogP contribution in [0.4, 0.5) is 0 Å². The Labute approximate surface area is 139 Å². The van der Waals surface area contributed by atoms with Crippen LogP contribution in [0, 0.1) is 36.5 Å². The molecule has 2 heterocycles. The number of cyclic esters (lactones) is 1. The lowest BCUT2D eigenvalue weighted by Gasteiger charge is -2.08. The molecule has 0 unspecified atom stereocenters. The summed E-state index contributed by atoms with van der Waals surface area (Å²) < 4.78 is 5.26. The molecule has 0 atom stereocenters. The van der Waals surface area contributed by atoms with E-state index in [0.717, 1.165) is 26.5 Å². The molecule has 1 fully saturated rings. The maximum Gasteiger partial charge on any atom is 0.344 e. The van der Waals surface area contributed by atoms with Gasteiger partial charge in [0, 0.05) is 15.3 Å². The van der Waals surface area contributed by atoms with Gasteiger partial charge in [0.1, 0.15) is 12.1 Å². The average Bonchev–Trinajstić information content (AvgIpc) is 2.99. The molecule has 5 heteroatoms. The van der Waals surface area contributed by atoms with E-state index in [1.165, 1.54) is 0 Å². The van der Waals surface area contributed by atoms with Crippen LogP contribution in [-0.2, 0) is 9.53 Å². The number of hydrogen-bond acceptors (Lipinski definition) is 5. The quantitative estimate of drug-likeness (QED) is 0.438. The van der Waals surface area contributed by atoms with Crippen molar-refractivity contribution in [2.24, 2.45) is 0 Å². The maximum atomic E-state index is 12.2. The molecule has 1 aromatic rings. The van der Waals surface area contributed by atoms with Crippen molar-refractivity contribution in [3.05, 3.63) is 49.4 Å². The predicted molar refractivity (Wildman–Crippen MR) is 89.1 cm³/mol. The number of carbonyl (C=O) groups excluding carboxylic acids is 1. The summed E-state index contributed by atoms with van der Waals surface area (Å²) in [4.78, 5) is 14.5. The molecule has 1 aliphatic rings. The zero-order valence-corrected chi connectivity index (χ0v) is 14.5. The minimum absolute atomic E-state index is 0.0666. The van der Waals surface area contributed by atoms with E-state index in [1.54, 1.807) is 11.3 Å². The Hall–Kier alpha value is -2.63. The molecule has 1 aliphatic heterocycles. The Morgan fingerprint density at radius 2 is 1.74 bits per heavy atom. The smallest absolute Gasteiger partial charge is 0.344 e. The summed E-state index contributed by atoms with van der Waals surface area (Å²) in [5.74, 6) is -0.445. The minimum Gasteiger partial charge on any atom is -0.420 e. The summed E-state index contributed by atoms with van der Waals surface area (Å²) in [6.45, 7) is 9.55. The highest BCUT2D eigenvalue weighted by molar-refractivity contribution is 7.12. The van der Waals surface area contributed by atoms with Gasteiger partial charge in [-0.15, -0.1) is 11.3 Å². The van der Waals surface area contributed by atoms with E-state index in [0.29, 0.717) is 11.1 Å². The topological polar surface area (TPSA) is 73.9 Å². The Morgan fingerprint density at radius 1 is 1.13 bits per heavy atom. The van der Waals surface area contributed by atoms with Crippen molar-refractivity contribution in [2.75, 3.05) is 0 Å². The first-order valence-corrected chi connectivity index (χ1v) is 7.86. The van der Waals surface area contributed by atoms with Gasteiger partial charge in [0.25, 0.3) is 0 Å². The van der Waals surface area contributed by atoms with E-state index in [2.05, 4.69) is 0 Å². The van der Waals surface area contributed by atoms with Crippen LogP contribution in [0.15, 0.2) is 34.1 Å². The third kappa shape index (κ3) is 2.84. The molecule has 0 N–H and O–H groups in total. The zero-order valence-electron chi connectivity index (χ0n) is 13.7. The highest BCUT2D eigenvalue weighted by atomic mass is 32.1. The maximum absolute atomic E-state index is 12.2. The average molecular weight is 324 g/mol. The summed E-state index contributed by atoms with van der Waals surface area (Å²) in [5.41, 5.74) is 3.43. The fraction of sp³-hybridized carbons (Fsp3) is 0.278. The fourth-order valence-corrected chi connectivity index (χ4v) is 3.64. The standard InChI is InChI=1S/C18H16N2O2S/c1-9(2)15-16(11(4)14-6-10(3)23-12(14)5)17(22-18(15)21)13(7-19)8-20/h6H,1-5H3/b16-11-. The van der Waals surface area contributed by atoms with Gasteiger partial charge in [0.05, 0.1) is 5.57 Å². The Morgan fingerprint density at radius 3 is 2.17 bits per heavy atom. The highest BCUT2D eigenvalue weighted by Gasteiger charge is 2.35. The molecule has 0 aromatic carbocycles. The number of nitriles is 2. The zero-order chi connectivity index (χ0) is 17.3. The molecule has 0 aliphatic carbocycles.